The fourth-order valence-corrected chi connectivity index (χ4v) is 1.42. The molecule has 3 nitrogen and oxygen atoms in total. The van der Waals surface area contributed by atoms with Crippen molar-refractivity contribution in [1.82, 2.24) is 10.2 Å². The van der Waals surface area contributed by atoms with Crippen LogP contribution in [0.2, 0.25) is 0 Å². The Morgan fingerprint density at radius 3 is 2.93 bits per heavy atom. The molecule has 2 rings (SSSR count). The number of nitrogens with zero attached hydrogens (tertiary/aromatic N) is 1. The molecule has 4 heteroatoms. The normalized spacial score (nSPS) is 10.3. The highest BCUT2D eigenvalue weighted by atomic mass is 19.1. The van der Waals surface area contributed by atoms with Crippen LogP contribution in [0.5, 0.6) is 0 Å². The van der Waals surface area contributed by atoms with Crippen LogP contribution in [0.4, 0.5) is 4.39 Å². The van der Waals surface area contributed by atoms with Crippen LogP contribution in [-0.4, -0.2) is 16.5 Å². The maximum atomic E-state index is 13.0. The van der Waals surface area contributed by atoms with Crippen molar-refractivity contribution in [3.63, 3.8) is 0 Å². The van der Waals surface area contributed by atoms with E-state index in [0.717, 1.165) is 11.8 Å². The zero-order valence-electron chi connectivity index (χ0n) is 8.12. The first-order valence-electron chi connectivity index (χ1n) is 4.47. The molecule has 0 radical (unpaired) electrons. The van der Waals surface area contributed by atoms with Crippen molar-refractivity contribution in [2.45, 2.75) is 6.92 Å². The van der Waals surface area contributed by atoms with Gasteiger partial charge in [-0.25, -0.2) is 4.39 Å². The van der Waals surface area contributed by atoms with Gasteiger partial charge in [-0.2, -0.15) is 5.10 Å². The van der Waals surface area contributed by atoms with E-state index in [-0.39, 0.29) is 5.82 Å². The first-order valence-corrected chi connectivity index (χ1v) is 4.47. The van der Waals surface area contributed by atoms with Crippen molar-refractivity contribution in [3.8, 4) is 11.3 Å². The summed E-state index contributed by atoms with van der Waals surface area (Å²) in [7, 11) is 0. The smallest absolute Gasteiger partial charge is 0.153 e. The third-order valence-electron chi connectivity index (χ3n) is 2.24. The highest BCUT2D eigenvalue weighted by Crippen LogP contribution is 2.21. The van der Waals surface area contributed by atoms with E-state index in [1.165, 1.54) is 12.3 Å². The molecule has 1 aromatic heterocycles. The zero-order valence-corrected chi connectivity index (χ0v) is 8.12. The third-order valence-corrected chi connectivity index (χ3v) is 2.24. The van der Waals surface area contributed by atoms with Gasteiger partial charge in [0.2, 0.25) is 0 Å². The van der Waals surface area contributed by atoms with Crippen LogP contribution in [0.25, 0.3) is 11.3 Å². The standard InChI is InChI=1S/C11H9FN2O/c1-7-4-8(2-3-10(7)12)11-9(6-15)5-13-14-11/h2-6H,1H3,(H,13,14). The minimum Gasteiger partial charge on any atom is -0.298 e. The fraction of sp³-hybridized carbons (Fsp3) is 0.0909. The average molecular weight is 204 g/mol. The molecule has 1 aromatic carbocycles. The summed E-state index contributed by atoms with van der Waals surface area (Å²) in [6.45, 7) is 1.68. The third kappa shape index (κ3) is 1.66. The van der Waals surface area contributed by atoms with Crippen LogP contribution in [0.3, 0.4) is 0 Å². The molecule has 1 N–H and O–H groups in total. The highest BCUT2D eigenvalue weighted by molar-refractivity contribution is 5.85. The number of carbonyl (C=O) groups excluding carboxylic acids is 1. The van der Waals surface area contributed by atoms with Crippen molar-refractivity contribution in [2.24, 2.45) is 0 Å². The van der Waals surface area contributed by atoms with E-state index >= 15 is 0 Å². The quantitative estimate of drug-likeness (QED) is 0.763. The van der Waals surface area contributed by atoms with Gasteiger partial charge in [0, 0.05) is 5.56 Å². The van der Waals surface area contributed by atoms with Gasteiger partial charge in [-0.15, -0.1) is 0 Å². The van der Waals surface area contributed by atoms with Gasteiger partial charge in [-0.05, 0) is 30.7 Å². The van der Waals surface area contributed by atoms with Gasteiger partial charge in [0.25, 0.3) is 0 Å². The van der Waals surface area contributed by atoms with Gasteiger partial charge < -0.3 is 0 Å². The average Bonchev–Trinajstić information content (AvgIpc) is 2.70. The summed E-state index contributed by atoms with van der Waals surface area (Å²) >= 11 is 0. The van der Waals surface area contributed by atoms with Crippen LogP contribution < -0.4 is 0 Å². The molecule has 2 aromatic rings. The summed E-state index contributed by atoms with van der Waals surface area (Å²) in [6.07, 6.45) is 2.17. The number of aromatic nitrogens is 2. The number of hydrogen-bond donors (Lipinski definition) is 1. The number of carbonyl (C=O) groups is 1. The molecule has 0 amide bonds. The topological polar surface area (TPSA) is 45.8 Å². The van der Waals surface area contributed by atoms with Gasteiger partial charge in [0.05, 0.1) is 17.5 Å². The van der Waals surface area contributed by atoms with Gasteiger partial charge in [-0.3, -0.25) is 9.89 Å². The molecule has 0 aliphatic heterocycles. The number of halogens is 1. The summed E-state index contributed by atoms with van der Waals surface area (Å²) < 4.78 is 13.0. The van der Waals surface area contributed by atoms with Crippen LogP contribution in [-0.2, 0) is 0 Å². The van der Waals surface area contributed by atoms with E-state index in [1.807, 2.05) is 0 Å². The van der Waals surface area contributed by atoms with Crippen molar-refractivity contribution in [1.29, 1.82) is 0 Å². The van der Waals surface area contributed by atoms with Gasteiger partial charge in [0.15, 0.2) is 6.29 Å². The lowest BCUT2D eigenvalue weighted by Gasteiger charge is -2.01. The molecule has 1 heterocycles. The van der Waals surface area contributed by atoms with Crippen molar-refractivity contribution in [3.05, 3.63) is 41.3 Å². The van der Waals surface area contributed by atoms with Gasteiger partial charge in [-0.1, -0.05) is 0 Å². The molecule has 0 unspecified atom stereocenters. The Morgan fingerprint density at radius 2 is 2.27 bits per heavy atom. The van der Waals surface area contributed by atoms with E-state index in [9.17, 15) is 9.18 Å². The maximum absolute atomic E-state index is 13.0. The Labute approximate surface area is 85.9 Å². The monoisotopic (exact) mass is 204 g/mol. The Kier molecular flexibility index (Phi) is 2.33. The van der Waals surface area contributed by atoms with Gasteiger partial charge in [0.1, 0.15) is 5.82 Å². The number of benzene rings is 1. The van der Waals surface area contributed by atoms with Crippen LogP contribution in [0.1, 0.15) is 15.9 Å². The number of aryl methyl sites for hydroxylation is 1. The largest absolute Gasteiger partial charge is 0.298 e. The zero-order chi connectivity index (χ0) is 10.8. The molecule has 0 aliphatic rings. The van der Waals surface area contributed by atoms with Crippen LogP contribution in [0, 0.1) is 12.7 Å². The summed E-state index contributed by atoms with van der Waals surface area (Å²) in [4.78, 5) is 10.7. The number of aromatic amines is 1. The molecular formula is C11H9FN2O. The van der Waals surface area contributed by atoms with Crippen molar-refractivity contribution >= 4 is 6.29 Å². The summed E-state index contributed by atoms with van der Waals surface area (Å²) in [5, 5.41) is 6.49. The van der Waals surface area contributed by atoms with E-state index in [2.05, 4.69) is 10.2 Å². The molecule has 0 fully saturated rings. The second-order valence-electron chi connectivity index (χ2n) is 3.28. The molecule has 0 saturated carbocycles. The summed E-state index contributed by atoms with van der Waals surface area (Å²) in [6, 6.07) is 4.67. The summed E-state index contributed by atoms with van der Waals surface area (Å²) in [5.41, 5.74) is 2.39. The van der Waals surface area contributed by atoms with E-state index in [1.54, 1.807) is 19.1 Å². The fourth-order valence-electron chi connectivity index (χ4n) is 1.42. The van der Waals surface area contributed by atoms with E-state index in [4.69, 9.17) is 0 Å². The Morgan fingerprint density at radius 1 is 1.47 bits per heavy atom. The van der Waals surface area contributed by atoms with Crippen LogP contribution in [0.15, 0.2) is 24.4 Å². The maximum Gasteiger partial charge on any atom is 0.153 e. The molecule has 0 aliphatic carbocycles. The minimum absolute atomic E-state index is 0.258. The first kappa shape index (κ1) is 9.58. The molecular weight excluding hydrogens is 195 g/mol. The number of hydrogen-bond acceptors (Lipinski definition) is 2. The lowest BCUT2D eigenvalue weighted by molar-refractivity contribution is 0.112. The second-order valence-corrected chi connectivity index (χ2v) is 3.28. The predicted molar refractivity (Wildman–Crippen MR) is 54.1 cm³/mol. The number of aldehydes is 1. The van der Waals surface area contributed by atoms with E-state index < -0.39 is 0 Å². The molecule has 0 bridgehead atoms. The molecule has 76 valence electrons. The molecule has 0 atom stereocenters. The SMILES string of the molecule is Cc1cc(-c2[nH]ncc2C=O)ccc1F. The number of H-pyrrole nitrogens is 1. The second kappa shape index (κ2) is 3.65. The summed E-state index contributed by atoms with van der Waals surface area (Å²) in [5.74, 6) is -0.258. The molecule has 15 heavy (non-hydrogen) atoms. The Balaban J connectivity index is 2.54. The Hall–Kier alpha value is -1.97. The van der Waals surface area contributed by atoms with Crippen LogP contribution >= 0.6 is 0 Å². The predicted octanol–water partition coefficient (Wildman–Crippen LogP) is 2.34. The lowest BCUT2D eigenvalue weighted by Crippen LogP contribution is -1.87. The van der Waals surface area contributed by atoms with Crippen molar-refractivity contribution < 1.29 is 9.18 Å². The first-order chi connectivity index (χ1) is 7.22. The highest BCUT2D eigenvalue weighted by Gasteiger charge is 2.07. The molecule has 0 saturated heterocycles. The minimum atomic E-state index is -0.258. The molecule has 0 spiro atoms. The number of nitrogens with one attached hydrogen (secondary N) is 1. The van der Waals surface area contributed by atoms with E-state index in [0.29, 0.717) is 16.8 Å². The lowest BCUT2D eigenvalue weighted by atomic mass is 10.1. The van der Waals surface area contributed by atoms with Crippen molar-refractivity contribution in [2.75, 3.05) is 0 Å². The Bertz CT molecular complexity index is 505. The number of rotatable bonds is 2. The van der Waals surface area contributed by atoms with Gasteiger partial charge >= 0.3 is 0 Å².